The SMILES string of the molecule is C=CC(N1CCN(C)CC1)S(=O)(=O)c1ccc(-c2c(O)[nH]c3ccc(C(=O)NCc4cccnc4)cc23)nc1. The number of pyridine rings is 2. The van der Waals surface area contributed by atoms with E-state index in [1.54, 1.807) is 42.7 Å². The molecule has 0 saturated carbocycles. The molecule has 1 aromatic carbocycles. The van der Waals surface area contributed by atoms with E-state index in [1.807, 2.05) is 18.0 Å². The first-order valence-corrected chi connectivity index (χ1v) is 14.1. The fourth-order valence-electron chi connectivity index (χ4n) is 4.75. The highest BCUT2D eigenvalue weighted by molar-refractivity contribution is 7.92. The Kier molecular flexibility index (Phi) is 7.47. The smallest absolute Gasteiger partial charge is 0.251 e. The Balaban J connectivity index is 1.40. The molecule has 39 heavy (non-hydrogen) atoms. The fraction of sp³-hybridized carbons (Fsp3) is 0.250. The minimum atomic E-state index is -3.75. The molecular formula is C28H30N6O4S. The van der Waals surface area contributed by atoms with E-state index in [4.69, 9.17) is 0 Å². The van der Waals surface area contributed by atoms with Gasteiger partial charge in [0.25, 0.3) is 5.91 Å². The molecule has 1 atom stereocenters. The van der Waals surface area contributed by atoms with Crippen molar-refractivity contribution in [3.63, 3.8) is 0 Å². The standard InChI is InChI=1S/C28H30N6O4S/c1-3-25(34-13-11-33(2)12-14-34)39(37,38)21-7-9-24(30-18-21)26-22-15-20(6-8-23(22)32-28(26)36)27(35)31-17-19-5-4-10-29-16-19/h3-10,15-16,18,25,32,36H,1,11-14,17H2,2H3,(H,31,35). The molecule has 1 aliphatic heterocycles. The summed E-state index contributed by atoms with van der Waals surface area (Å²) in [6.45, 7) is 6.91. The minimum Gasteiger partial charge on any atom is -0.494 e. The molecule has 1 aliphatic rings. The third-order valence-corrected chi connectivity index (χ3v) is 8.98. The van der Waals surface area contributed by atoms with E-state index in [2.05, 4.69) is 31.7 Å². The lowest BCUT2D eigenvalue weighted by molar-refractivity contribution is 0.0951. The number of hydrogen-bond acceptors (Lipinski definition) is 8. The first kappa shape index (κ1) is 26.5. The summed E-state index contributed by atoms with van der Waals surface area (Å²) >= 11 is 0. The Labute approximate surface area is 226 Å². The minimum absolute atomic E-state index is 0.0740. The van der Waals surface area contributed by atoms with Gasteiger partial charge in [-0.1, -0.05) is 12.1 Å². The number of piperazine rings is 1. The van der Waals surface area contributed by atoms with Crippen molar-refractivity contribution in [2.75, 3.05) is 33.2 Å². The van der Waals surface area contributed by atoms with E-state index < -0.39 is 15.2 Å². The highest BCUT2D eigenvalue weighted by atomic mass is 32.2. The molecule has 3 N–H and O–H groups in total. The summed E-state index contributed by atoms with van der Waals surface area (Å²) in [6, 6.07) is 11.8. The van der Waals surface area contributed by atoms with Crippen LogP contribution < -0.4 is 5.32 Å². The maximum Gasteiger partial charge on any atom is 0.251 e. The normalized spacial score (nSPS) is 15.7. The maximum atomic E-state index is 13.4. The van der Waals surface area contributed by atoms with Gasteiger partial charge < -0.3 is 20.3 Å². The van der Waals surface area contributed by atoms with Crippen LogP contribution in [-0.2, 0) is 16.4 Å². The van der Waals surface area contributed by atoms with Crippen LogP contribution in [0.5, 0.6) is 5.88 Å². The molecule has 202 valence electrons. The summed E-state index contributed by atoms with van der Waals surface area (Å²) in [7, 11) is -1.75. The summed E-state index contributed by atoms with van der Waals surface area (Å²) in [5.41, 5.74) is 2.66. The number of sulfone groups is 1. The molecule has 3 aromatic heterocycles. The number of aromatic hydroxyl groups is 1. The van der Waals surface area contributed by atoms with Crippen molar-refractivity contribution < 1.29 is 18.3 Å². The third kappa shape index (κ3) is 5.42. The number of fused-ring (bicyclic) bond motifs is 1. The molecular weight excluding hydrogens is 516 g/mol. The van der Waals surface area contributed by atoms with Gasteiger partial charge in [-0.05, 0) is 49.0 Å². The molecule has 0 bridgehead atoms. The first-order valence-electron chi connectivity index (χ1n) is 12.5. The van der Waals surface area contributed by atoms with Gasteiger partial charge in [-0.2, -0.15) is 0 Å². The number of nitrogens with zero attached hydrogens (tertiary/aromatic N) is 4. The first-order chi connectivity index (χ1) is 18.8. The Morgan fingerprint density at radius 1 is 1.18 bits per heavy atom. The van der Waals surface area contributed by atoms with Crippen LogP contribution in [0.3, 0.4) is 0 Å². The molecule has 1 saturated heterocycles. The molecule has 1 fully saturated rings. The Morgan fingerprint density at radius 2 is 1.97 bits per heavy atom. The Bertz CT molecular complexity index is 1590. The summed E-state index contributed by atoms with van der Waals surface area (Å²) in [6.07, 6.45) is 6.12. The van der Waals surface area contributed by atoms with Gasteiger partial charge in [-0.3, -0.25) is 19.7 Å². The fourth-order valence-corrected chi connectivity index (χ4v) is 6.34. The lowest BCUT2D eigenvalue weighted by atomic mass is 10.1. The maximum absolute atomic E-state index is 13.4. The third-order valence-electron chi connectivity index (χ3n) is 6.96. The number of aromatic amines is 1. The number of hydrogen-bond donors (Lipinski definition) is 3. The second-order valence-electron chi connectivity index (χ2n) is 9.54. The average Bonchev–Trinajstić information content (AvgIpc) is 3.28. The van der Waals surface area contributed by atoms with Crippen LogP contribution in [0.25, 0.3) is 22.2 Å². The molecule has 4 aromatic rings. The lowest BCUT2D eigenvalue weighted by Crippen LogP contribution is -2.50. The summed E-state index contributed by atoms with van der Waals surface area (Å²) in [5, 5.41) is 13.3. The van der Waals surface area contributed by atoms with Gasteiger partial charge >= 0.3 is 0 Å². The van der Waals surface area contributed by atoms with Crippen LogP contribution in [0.1, 0.15) is 15.9 Å². The molecule has 0 spiro atoms. The molecule has 10 nitrogen and oxygen atoms in total. The molecule has 11 heteroatoms. The molecule has 0 radical (unpaired) electrons. The van der Waals surface area contributed by atoms with Crippen LogP contribution in [0.15, 0.2) is 78.6 Å². The van der Waals surface area contributed by atoms with Crippen molar-refractivity contribution in [3.8, 4) is 17.1 Å². The second-order valence-corrected chi connectivity index (χ2v) is 11.6. The zero-order valence-corrected chi connectivity index (χ0v) is 22.4. The number of benzene rings is 1. The highest BCUT2D eigenvalue weighted by Crippen LogP contribution is 2.36. The number of nitrogens with one attached hydrogen (secondary N) is 2. The van der Waals surface area contributed by atoms with Crippen molar-refractivity contribution in [1.82, 2.24) is 30.1 Å². The summed E-state index contributed by atoms with van der Waals surface area (Å²) < 4.78 is 26.9. The topological polar surface area (TPSA) is 132 Å². The van der Waals surface area contributed by atoms with E-state index in [1.165, 1.54) is 18.3 Å². The van der Waals surface area contributed by atoms with E-state index in [0.717, 1.165) is 18.7 Å². The van der Waals surface area contributed by atoms with Crippen molar-refractivity contribution in [3.05, 3.63) is 84.8 Å². The number of amides is 1. The van der Waals surface area contributed by atoms with E-state index in [9.17, 15) is 18.3 Å². The van der Waals surface area contributed by atoms with Crippen LogP contribution in [0.4, 0.5) is 0 Å². The number of carbonyl (C=O) groups excluding carboxylic acids is 1. The Hall–Kier alpha value is -4.06. The van der Waals surface area contributed by atoms with E-state index in [-0.39, 0.29) is 16.7 Å². The van der Waals surface area contributed by atoms with Gasteiger partial charge in [0.05, 0.1) is 16.2 Å². The van der Waals surface area contributed by atoms with E-state index >= 15 is 0 Å². The van der Waals surface area contributed by atoms with E-state index in [0.29, 0.717) is 47.4 Å². The predicted molar refractivity (Wildman–Crippen MR) is 149 cm³/mol. The number of H-pyrrole nitrogens is 1. The zero-order valence-electron chi connectivity index (χ0n) is 21.5. The second kappa shape index (κ2) is 11.0. The molecule has 4 heterocycles. The number of carbonyl (C=O) groups is 1. The Morgan fingerprint density at radius 3 is 2.64 bits per heavy atom. The summed E-state index contributed by atoms with van der Waals surface area (Å²) in [5.74, 6) is -0.399. The van der Waals surface area contributed by atoms with Crippen LogP contribution in [-0.4, -0.2) is 82.8 Å². The lowest BCUT2D eigenvalue weighted by Gasteiger charge is -2.36. The van der Waals surface area contributed by atoms with Crippen LogP contribution in [0, 0.1) is 0 Å². The van der Waals surface area contributed by atoms with Crippen molar-refractivity contribution in [1.29, 1.82) is 0 Å². The molecule has 1 amide bonds. The molecule has 1 unspecified atom stereocenters. The zero-order chi connectivity index (χ0) is 27.6. The van der Waals surface area contributed by atoms with Gasteiger partial charge in [-0.15, -0.1) is 6.58 Å². The van der Waals surface area contributed by atoms with Crippen molar-refractivity contribution >= 4 is 26.6 Å². The van der Waals surface area contributed by atoms with Gasteiger partial charge in [0.1, 0.15) is 5.37 Å². The number of rotatable bonds is 8. The largest absolute Gasteiger partial charge is 0.494 e. The van der Waals surface area contributed by atoms with Gasteiger partial charge in [0.15, 0.2) is 15.7 Å². The average molecular weight is 547 g/mol. The molecule has 5 rings (SSSR count). The highest BCUT2D eigenvalue weighted by Gasteiger charge is 2.32. The molecule has 0 aliphatic carbocycles. The van der Waals surface area contributed by atoms with Gasteiger partial charge in [0, 0.05) is 67.8 Å². The number of aromatic nitrogens is 3. The summed E-state index contributed by atoms with van der Waals surface area (Å²) in [4.78, 5) is 28.3. The van der Waals surface area contributed by atoms with Crippen LogP contribution >= 0.6 is 0 Å². The monoisotopic (exact) mass is 546 g/mol. The van der Waals surface area contributed by atoms with Crippen molar-refractivity contribution in [2.45, 2.75) is 16.8 Å². The predicted octanol–water partition coefficient (Wildman–Crippen LogP) is 2.79. The quantitative estimate of drug-likeness (QED) is 0.288. The van der Waals surface area contributed by atoms with Gasteiger partial charge in [-0.25, -0.2) is 8.42 Å². The van der Waals surface area contributed by atoms with Crippen LogP contribution in [0.2, 0.25) is 0 Å². The van der Waals surface area contributed by atoms with Crippen molar-refractivity contribution in [2.24, 2.45) is 0 Å². The van der Waals surface area contributed by atoms with Gasteiger partial charge in [0.2, 0.25) is 0 Å². The number of likely N-dealkylation sites (N-methyl/N-ethyl adjacent to an activating group) is 1.